The van der Waals surface area contributed by atoms with Crippen molar-refractivity contribution in [3.8, 4) is 0 Å². The van der Waals surface area contributed by atoms with Gasteiger partial charge in [-0.2, -0.15) is 0 Å². The SMILES string of the molecule is COCOCP(COCOC)Cc1ccccc1. The number of hydrogen-bond acceptors (Lipinski definition) is 4. The van der Waals surface area contributed by atoms with Gasteiger partial charge in [-0.25, -0.2) is 0 Å². The van der Waals surface area contributed by atoms with E-state index in [1.54, 1.807) is 14.2 Å². The topological polar surface area (TPSA) is 36.9 Å². The van der Waals surface area contributed by atoms with Crippen LogP contribution >= 0.6 is 7.92 Å². The van der Waals surface area contributed by atoms with Crippen LogP contribution in [0.15, 0.2) is 30.3 Å². The van der Waals surface area contributed by atoms with Crippen LogP contribution in [0.1, 0.15) is 5.56 Å². The fraction of sp³-hybridized carbons (Fsp3) is 0.538. The summed E-state index contributed by atoms with van der Waals surface area (Å²) in [5.41, 5.74) is 1.31. The smallest absolute Gasteiger partial charge is 0.146 e. The molecule has 0 unspecified atom stereocenters. The van der Waals surface area contributed by atoms with Crippen LogP contribution < -0.4 is 0 Å². The summed E-state index contributed by atoms with van der Waals surface area (Å²) < 4.78 is 20.6. The third-order valence-corrected chi connectivity index (χ3v) is 4.11. The second-order valence-electron chi connectivity index (χ2n) is 3.79. The molecule has 1 aromatic carbocycles. The summed E-state index contributed by atoms with van der Waals surface area (Å²) in [5, 5.41) is 0. The standard InChI is InChI=1S/C13H21O4P/c1-14-9-16-11-18(12-17-10-15-2)8-13-6-4-3-5-7-13/h3-7H,8-12H2,1-2H3. The van der Waals surface area contributed by atoms with Gasteiger partial charge in [0.05, 0.1) is 12.7 Å². The highest BCUT2D eigenvalue weighted by molar-refractivity contribution is 7.56. The van der Waals surface area contributed by atoms with Gasteiger partial charge in [0.2, 0.25) is 0 Å². The van der Waals surface area contributed by atoms with Crippen LogP contribution in [0.3, 0.4) is 0 Å². The number of ether oxygens (including phenoxy) is 4. The molecule has 5 heteroatoms. The average molecular weight is 272 g/mol. The van der Waals surface area contributed by atoms with Gasteiger partial charge in [-0.3, -0.25) is 0 Å². The highest BCUT2D eigenvalue weighted by Crippen LogP contribution is 2.39. The van der Waals surface area contributed by atoms with Crippen LogP contribution in [0.4, 0.5) is 0 Å². The van der Waals surface area contributed by atoms with E-state index in [0.717, 1.165) is 6.16 Å². The molecule has 0 atom stereocenters. The Morgan fingerprint density at radius 2 is 1.44 bits per heavy atom. The summed E-state index contributed by atoms with van der Waals surface area (Å²) in [7, 11) is 2.89. The molecular formula is C13H21O4P. The van der Waals surface area contributed by atoms with E-state index in [-0.39, 0.29) is 7.92 Å². The van der Waals surface area contributed by atoms with Crippen LogP contribution in [-0.2, 0) is 25.1 Å². The molecule has 0 aliphatic carbocycles. The van der Waals surface area contributed by atoms with Crippen molar-refractivity contribution in [1.82, 2.24) is 0 Å². The molecule has 4 nitrogen and oxygen atoms in total. The maximum Gasteiger partial charge on any atom is 0.146 e. The summed E-state index contributed by atoms with van der Waals surface area (Å²) in [5.74, 6) is 0. The molecule has 102 valence electrons. The first-order chi connectivity index (χ1) is 8.86. The highest BCUT2D eigenvalue weighted by atomic mass is 31.1. The summed E-state index contributed by atoms with van der Waals surface area (Å²) in [6, 6.07) is 10.4. The molecule has 0 aliphatic heterocycles. The number of benzene rings is 1. The molecule has 0 saturated heterocycles. The van der Waals surface area contributed by atoms with E-state index in [9.17, 15) is 0 Å². The molecule has 0 aromatic heterocycles. The Hall–Kier alpha value is -0.510. The van der Waals surface area contributed by atoms with E-state index in [2.05, 4.69) is 24.3 Å². The van der Waals surface area contributed by atoms with Gasteiger partial charge >= 0.3 is 0 Å². The van der Waals surface area contributed by atoms with Crippen LogP contribution in [-0.4, -0.2) is 40.5 Å². The zero-order valence-corrected chi connectivity index (χ0v) is 11.9. The second-order valence-corrected chi connectivity index (χ2v) is 5.97. The van der Waals surface area contributed by atoms with Crippen molar-refractivity contribution in [3.05, 3.63) is 35.9 Å². The summed E-state index contributed by atoms with van der Waals surface area (Å²) >= 11 is 0. The molecule has 0 N–H and O–H groups in total. The Bertz CT molecular complexity index is 284. The predicted octanol–water partition coefficient (Wildman–Crippen LogP) is 2.82. The first kappa shape index (κ1) is 15.5. The van der Waals surface area contributed by atoms with Gasteiger partial charge < -0.3 is 18.9 Å². The lowest BCUT2D eigenvalue weighted by atomic mass is 10.2. The first-order valence-electron chi connectivity index (χ1n) is 5.76. The van der Waals surface area contributed by atoms with E-state index in [0.29, 0.717) is 26.3 Å². The van der Waals surface area contributed by atoms with Crippen LogP contribution in [0, 0.1) is 0 Å². The lowest BCUT2D eigenvalue weighted by Crippen LogP contribution is -2.04. The van der Waals surface area contributed by atoms with E-state index in [1.807, 2.05) is 6.07 Å². The molecular weight excluding hydrogens is 251 g/mol. The van der Waals surface area contributed by atoms with E-state index in [4.69, 9.17) is 18.9 Å². The fourth-order valence-electron chi connectivity index (χ4n) is 1.47. The van der Waals surface area contributed by atoms with Gasteiger partial charge in [0.25, 0.3) is 0 Å². The predicted molar refractivity (Wildman–Crippen MR) is 72.7 cm³/mol. The monoisotopic (exact) mass is 272 g/mol. The molecule has 1 rings (SSSR count). The lowest BCUT2D eigenvalue weighted by molar-refractivity contribution is -0.0193. The van der Waals surface area contributed by atoms with Crippen molar-refractivity contribution < 1.29 is 18.9 Å². The van der Waals surface area contributed by atoms with Crippen LogP contribution in [0.5, 0.6) is 0 Å². The zero-order chi connectivity index (χ0) is 13.1. The van der Waals surface area contributed by atoms with E-state index >= 15 is 0 Å². The van der Waals surface area contributed by atoms with Crippen molar-refractivity contribution in [2.45, 2.75) is 6.16 Å². The normalized spacial score (nSPS) is 11.1. The van der Waals surface area contributed by atoms with E-state index in [1.165, 1.54) is 5.56 Å². The Morgan fingerprint density at radius 1 is 0.889 bits per heavy atom. The first-order valence-corrected chi connectivity index (χ1v) is 7.66. The summed E-state index contributed by atoms with van der Waals surface area (Å²) in [4.78, 5) is 0. The van der Waals surface area contributed by atoms with Crippen molar-refractivity contribution >= 4 is 7.92 Å². The van der Waals surface area contributed by atoms with Crippen molar-refractivity contribution in [2.24, 2.45) is 0 Å². The Morgan fingerprint density at radius 3 is 1.94 bits per heavy atom. The van der Waals surface area contributed by atoms with Gasteiger partial charge in [0.1, 0.15) is 13.6 Å². The Kier molecular flexibility index (Phi) is 9.00. The Labute approximate surface area is 110 Å². The molecule has 0 radical (unpaired) electrons. The largest absolute Gasteiger partial charge is 0.359 e. The molecule has 18 heavy (non-hydrogen) atoms. The number of rotatable bonds is 10. The average Bonchev–Trinajstić information content (AvgIpc) is 2.40. The number of methoxy groups -OCH3 is 2. The minimum absolute atomic E-state index is 0.331. The third kappa shape index (κ3) is 7.04. The maximum atomic E-state index is 5.43. The molecule has 0 spiro atoms. The molecule has 1 aromatic rings. The lowest BCUT2D eigenvalue weighted by Gasteiger charge is -2.17. The van der Waals surface area contributed by atoms with Crippen LogP contribution in [0.2, 0.25) is 0 Å². The highest BCUT2D eigenvalue weighted by Gasteiger charge is 2.09. The molecule has 0 amide bonds. The third-order valence-electron chi connectivity index (χ3n) is 2.20. The second kappa shape index (κ2) is 10.4. The van der Waals surface area contributed by atoms with Crippen molar-refractivity contribution in [2.75, 3.05) is 40.5 Å². The minimum Gasteiger partial charge on any atom is -0.359 e. The van der Waals surface area contributed by atoms with Gasteiger partial charge in [0, 0.05) is 14.2 Å². The molecule has 0 aliphatic rings. The van der Waals surface area contributed by atoms with E-state index < -0.39 is 0 Å². The summed E-state index contributed by atoms with van der Waals surface area (Å²) in [6.45, 7) is 0.663. The maximum absolute atomic E-state index is 5.43. The molecule has 0 fully saturated rings. The van der Waals surface area contributed by atoms with Crippen molar-refractivity contribution in [1.29, 1.82) is 0 Å². The molecule has 0 bridgehead atoms. The molecule has 0 heterocycles. The van der Waals surface area contributed by atoms with Gasteiger partial charge in [-0.15, -0.1) is 0 Å². The van der Waals surface area contributed by atoms with Gasteiger partial charge in [-0.05, 0) is 19.6 Å². The minimum atomic E-state index is -0.365. The number of hydrogen-bond donors (Lipinski definition) is 0. The zero-order valence-electron chi connectivity index (χ0n) is 11.0. The molecule has 0 saturated carbocycles. The van der Waals surface area contributed by atoms with Gasteiger partial charge in [0.15, 0.2) is 0 Å². The van der Waals surface area contributed by atoms with Crippen molar-refractivity contribution in [3.63, 3.8) is 0 Å². The Balaban J connectivity index is 2.37. The van der Waals surface area contributed by atoms with Crippen LogP contribution in [0.25, 0.3) is 0 Å². The summed E-state index contributed by atoms with van der Waals surface area (Å²) in [6.07, 6.45) is 2.35. The fourth-order valence-corrected chi connectivity index (χ4v) is 3.12. The quantitative estimate of drug-likeness (QED) is 0.373. The van der Waals surface area contributed by atoms with Gasteiger partial charge in [-0.1, -0.05) is 30.3 Å².